The third kappa shape index (κ3) is 5.75. The fourth-order valence-corrected chi connectivity index (χ4v) is 4.79. The maximum atomic E-state index is 14.3. The van der Waals surface area contributed by atoms with E-state index < -0.39 is 23.4 Å². The molecule has 0 saturated carbocycles. The average molecular weight is 546 g/mol. The molecular formula is C25H29BrFN5O3. The lowest BCUT2D eigenvalue weighted by Crippen LogP contribution is -2.49. The van der Waals surface area contributed by atoms with Gasteiger partial charge in [-0.15, -0.1) is 0 Å². The van der Waals surface area contributed by atoms with Gasteiger partial charge in [0, 0.05) is 31.5 Å². The zero-order valence-corrected chi connectivity index (χ0v) is 21.8. The number of fused-ring (bicyclic) bond motifs is 1. The molecule has 0 spiro atoms. The van der Waals surface area contributed by atoms with E-state index in [1.807, 2.05) is 20.8 Å². The van der Waals surface area contributed by atoms with Crippen molar-refractivity contribution in [1.82, 2.24) is 15.3 Å². The van der Waals surface area contributed by atoms with Crippen molar-refractivity contribution in [3.8, 4) is 0 Å². The van der Waals surface area contributed by atoms with Crippen LogP contribution >= 0.6 is 15.9 Å². The van der Waals surface area contributed by atoms with Crippen LogP contribution in [0.1, 0.15) is 49.5 Å². The first-order chi connectivity index (χ1) is 16.5. The van der Waals surface area contributed by atoms with Crippen molar-refractivity contribution in [2.24, 2.45) is 0 Å². The normalized spacial score (nSPS) is 16.3. The van der Waals surface area contributed by atoms with E-state index in [9.17, 15) is 14.0 Å². The third-order valence-electron chi connectivity index (χ3n) is 5.70. The highest BCUT2D eigenvalue weighted by Gasteiger charge is 2.28. The summed E-state index contributed by atoms with van der Waals surface area (Å²) in [4.78, 5) is 34.9. The molecule has 4 rings (SSSR count). The summed E-state index contributed by atoms with van der Waals surface area (Å²) < 4.78 is 20.5. The molecule has 1 aliphatic heterocycles. The number of rotatable bonds is 4. The number of piperidine rings is 1. The number of halogens is 2. The number of nitrogens with one attached hydrogen (secondary N) is 3. The second-order valence-corrected chi connectivity index (χ2v) is 10.6. The molecule has 0 bridgehead atoms. The highest BCUT2D eigenvalue weighted by Crippen LogP contribution is 2.39. The molecule has 1 fully saturated rings. The Balaban J connectivity index is 1.61. The summed E-state index contributed by atoms with van der Waals surface area (Å²) in [5, 5.41) is 6.51. The van der Waals surface area contributed by atoms with Crippen molar-refractivity contribution in [1.29, 1.82) is 0 Å². The second-order valence-electron chi connectivity index (χ2n) is 9.75. The number of H-pyrrole nitrogens is 1. The van der Waals surface area contributed by atoms with Gasteiger partial charge in [-0.2, -0.15) is 0 Å². The van der Waals surface area contributed by atoms with Gasteiger partial charge in [-0.05, 0) is 68.6 Å². The summed E-state index contributed by atoms with van der Waals surface area (Å²) in [6.45, 7) is 8.61. The van der Waals surface area contributed by atoms with E-state index in [1.54, 1.807) is 25.4 Å². The number of amides is 2. The number of aromatic amines is 1. The van der Waals surface area contributed by atoms with Crippen LogP contribution in [-0.2, 0) is 4.74 Å². The zero-order valence-electron chi connectivity index (χ0n) is 20.2. The predicted octanol–water partition coefficient (Wildman–Crippen LogP) is 5.52. The molecule has 0 unspecified atom stereocenters. The number of benzene rings is 1. The van der Waals surface area contributed by atoms with Gasteiger partial charge in [-0.3, -0.25) is 4.79 Å². The number of pyridine rings is 1. The van der Waals surface area contributed by atoms with Gasteiger partial charge in [-0.25, -0.2) is 14.2 Å². The van der Waals surface area contributed by atoms with Crippen LogP contribution in [-0.4, -0.2) is 46.7 Å². The lowest BCUT2D eigenvalue weighted by Gasteiger charge is -2.36. The summed E-state index contributed by atoms with van der Waals surface area (Å²) in [6, 6.07) is 4.32. The molecule has 8 nitrogen and oxygen atoms in total. The number of ether oxygens (including phenoxy) is 1. The Hall–Kier alpha value is -3.14. The van der Waals surface area contributed by atoms with Gasteiger partial charge < -0.3 is 25.3 Å². The monoisotopic (exact) mass is 545 g/mol. The van der Waals surface area contributed by atoms with Gasteiger partial charge in [0.15, 0.2) is 0 Å². The number of alkyl carbamates (subject to hydrolysis) is 1. The quantitative estimate of drug-likeness (QED) is 0.401. The third-order valence-corrected chi connectivity index (χ3v) is 6.28. The molecule has 1 aromatic carbocycles. The zero-order chi connectivity index (χ0) is 25.3. The summed E-state index contributed by atoms with van der Waals surface area (Å²) in [5.74, 6) is -1.12. The van der Waals surface area contributed by atoms with Gasteiger partial charge in [0.1, 0.15) is 17.1 Å². The number of aromatic nitrogens is 2. The molecule has 2 aromatic heterocycles. The molecule has 3 N–H and O–H groups in total. The molecule has 0 radical (unpaired) electrons. The topological polar surface area (TPSA) is 99.4 Å². The van der Waals surface area contributed by atoms with E-state index >= 15 is 0 Å². The van der Waals surface area contributed by atoms with Gasteiger partial charge >= 0.3 is 6.09 Å². The minimum atomic E-state index is -0.584. The van der Waals surface area contributed by atoms with Crippen molar-refractivity contribution < 1.29 is 18.7 Å². The standard InChI is InChI=1S/C25H29BrFN5O3/c1-14-7-8-18(27)16(10-14)23(33)31-19-12-29-22-20(19)21(17(26)11-28-22)32-9-5-6-15(13-32)30-24(34)35-25(2,3)4/h7-8,10-12,15H,5-6,9,13H2,1-4H3,(H,28,29)(H,30,34)(H,31,33)/t15-/m1/s1. The Morgan fingerprint density at radius 2 is 2.09 bits per heavy atom. The SMILES string of the molecule is Cc1ccc(F)c(C(=O)Nc2c[nH]c3ncc(Br)c(N4CCC[C@@H](NC(=O)OC(C)(C)C)C4)c23)c1. The smallest absolute Gasteiger partial charge is 0.407 e. The van der Waals surface area contributed by atoms with Crippen molar-refractivity contribution >= 4 is 50.3 Å². The second kappa shape index (κ2) is 9.85. The Kier molecular flexibility index (Phi) is 7.02. The fourth-order valence-electron chi connectivity index (χ4n) is 4.24. The van der Waals surface area contributed by atoms with Crippen molar-refractivity contribution in [3.05, 3.63) is 52.0 Å². The largest absolute Gasteiger partial charge is 0.444 e. The van der Waals surface area contributed by atoms with Gasteiger partial charge in [0.25, 0.3) is 5.91 Å². The number of carbonyl (C=O) groups excluding carboxylic acids is 2. The Morgan fingerprint density at radius 1 is 1.31 bits per heavy atom. The number of carbonyl (C=O) groups is 2. The maximum Gasteiger partial charge on any atom is 0.407 e. The molecular weight excluding hydrogens is 517 g/mol. The minimum Gasteiger partial charge on any atom is -0.444 e. The van der Waals surface area contributed by atoms with Crippen LogP contribution in [0.25, 0.3) is 11.0 Å². The molecule has 2 amide bonds. The molecule has 1 saturated heterocycles. The molecule has 0 aliphatic carbocycles. The van der Waals surface area contributed by atoms with E-state index in [0.29, 0.717) is 23.3 Å². The lowest BCUT2D eigenvalue weighted by molar-refractivity contribution is 0.0500. The van der Waals surface area contributed by atoms with E-state index in [-0.39, 0.29) is 11.6 Å². The molecule has 10 heteroatoms. The molecule has 1 atom stereocenters. The van der Waals surface area contributed by atoms with Crippen molar-refractivity contribution in [2.45, 2.75) is 52.2 Å². The van der Waals surface area contributed by atoms with Crippen LogP contribution in [0.4, 0.5) is 20.6 Å². The number of anilines is 2. The van der Waals surface area contributed by atoms with Crippen LogP contribution in [0.5, 0.6) is 0 Å². The van der Waals surface area contributed by atoms with Crippen molar-refractivity contribution in [3.63, 3.8) is 0 Å². The summed E-state index contributed by atoms with van der Waals surface area (Å²) in [6.07, 6.45) is 4.59. The Bertz CT molecular complexity index is 1270. The summed E-state index contributed by atoms with van der Waals surface area (Å²) in [5.41, 5.74) is 2.11. The number of hydrogen-bond acceptors (Lipinski definition) is 5. The van der Waals surface area contributed by atoms with Crippen LogP contribution < -0.4 is 15.5 Å². The molecule has 186 valence electrons. The van der Waals surface area contributed by atoms with Crippen LogP contribution in [0.3, 0.4) is 0 Å². The van der Waals surface area contributed by atoms with E-state index in [4.69, 9.17) is 4.74 Å². The lowest BCUT2D eigenvalue weighted by atomic mass is 10.0. The molecule has 3 aromatic rings. The number of nitrogens with zero attached hydrogens (tertiary/aromatic N) is 2. The maximum absolute atomic E-state index is 14.3. The predicted molar refractivity (Wildman–Crippen MR) is 137 cm³/mol. The Morgan fingerprint density at radius 3 is 2.83 bits per heavy atom. The van der Waals surface area contributed by atoms with Crippen LogP contribution in [0.15, 0.2) is 35.1 Å². The molecule has 35 heavy (non-hydrogen) atoms. The summed E-state index contributed by atoms with van der Waals surface area (Å²) >= 11 is 3.61. The van der Waals surface area contributed by atoms with Gasteiger partial charge in [-0.1, -0.05) is 11.6 Å². The first-order valence-corrected chi connectivity index (χ1v) is 12.3. The minimum absolute atomic E-state index is 0.0246. The number of aryl methyl sites for hydroxylation is 1. The van der Waals surface area contributed by atoms with E-state index in [2.05, 4.69) is 41.4 Å². The van der Waals surface area contributed by atoms with E-state index in [1.165, 1.54) is 12.1 Å². The van der Waals surface area contributed by atoms with Gasteiger partial charge in [0.05, 0.1) is 26.8 Å². The Labute approximate surface area is 211 Å². The average Bonchev–Trinajstić information content (AvgIpc) is 3.16. The molecule has 3 heterocycles. The highest BCUT2D eigenvalue weighted by molar-refractivity contribution is 9.10. The number of hydrogen-bond donors (Lipinski definition) is 3. The molecule has 1 aliphatic rings. The van der Waals surface area contributed by atoms with E-state index in [0.717, 1.165) is 35.1 Å². The summed E-state index contributed by atoms with van der Waals surface area (Å²) in [7, 11) is 0. The van der Waals surface area contributed by atoms with Gasteiger partial charge in [0.2, 0.25) is 0 Å². The first kappa shape index (κ1) is 25.0. The fraction of sp³-hybridized carbons (Fsp3) is 0.400. The highest BCUT2D eigenvalue weighted by atomic mass is 79.9. The first-order valence-electron chi connectivity index (χ1n) is 11.5. The van der Waals surface area contributed by atoms with Crippen LogP contribution in [0, 0.1) is 12.7 Å². The van der Waals surface area contributed by atoms with Crippen LogP contribution in [0.2, 0.25) is 0 Å². The van der Waals surface area contributed by atoms with Crippen molar-refractivity contribution in [2.75, 3.05) is 23.3 Å².